The van der Waals surface area contributed by atoms with Crippen LogP contribution in [0.15, 0.2) is 67.0 Å². The van der Waals surface area contributed by atoms with Gasteiger partial charge >= 0.3 is 5.97 Å². The molecule has 0 fully saturated rings. The highest BCUT2D eigenvalue weighted by molar-refractivity contribution is 6.14. The summed E-state index contributed by atoms with van der Waals surface area (Å²) < 4.78 is 12.4. The van der Waals surface area contributed by atoms with E-state index in [0.717, 1.165) is 16.6 Å². The first-order chi connectivity index (χ1) is 15.5. The number of rotatable bonds is 7. The highest BCUT2D eigenvalue weighted by Gasteiger charge is 2.21. The van der Waals surface area contributed by atoms with Gasteiger partial charge in [-0.2, -0.15) is 0 Å². The van der Waals surface area contributed by atoms with Crippen molar-refractivity contribution in [3.05, 3.63) is 83.8 Å². The van der Waals surface area contributed by atoms with Crippen LogP contribution in [0.4, 0.5) is 5.69 Å². The Labute approximate surface area is 184 Å². The summed E-state index contributed by atoms with van der Waals surface area (Å²) in [5.74, 6) is -1.06. The van der Waals surface area contributed by atoms with E-state index in [9.17, 15) is 14.7 Å². The Morgan fingerprint density at radius 2 is 1.72 bits per heavy atom. The number of carbonyl (C=O) groups is 2. The van der Waals surface area contributed by atoms with E-state index in [1.165, 1.54) is 26.4 Å². The molecule has 2 aromatic carbocycles. The molecule has 0 saturated carbocycles. The molecule has 0 atom stereocenters. The predicted octanol–water partition coefficient (Wildman–Crippen LogP) is 4.05. The molecule has 2 heterocycles. The molecule has 0 aliphatic carbocycles. The summed E-state index contributed by atoms with van der Waals surface area (Å²) in [7, 11) is 2.85. The fourth-order valence-corrected chi connectivity index (χ4v) is 3.57. The lowest BCUT2D eigenvalue weighted by Gasteiger charge is -2.13. The smallest absolute Gasteiger partial charge is 0.337 e. The van der Waals surface area contributed by atoms with Crippen LogP contribution in [0.3, 0.4) is 0 Å². The summed E-state index contributed by atoms with van der Waals surface area (Å²) in [4.78, 5) is 29.3. The van der Waals surface area contributed by atoms with Crippen molar-refractivity contribution in [3.63, 3.8) is 0 Å². The van der Waals surface area contributed by atoms with Crippen LogP contribution in [-0.2, 0) is 6.54 Å². The minimum atomic E-state index is -1.20. The SMILES string of the molecule is COc1cc(NC(=O)c2cn(Cc3ccccn3)c3ccccc23)c(C(=O)O)cc1OC. The number of nitrogens with one attached hydrogen (secondary N) is 1. The molecule has 0 unspecified atom stereocenters. The number of methoxy groups -OCH3 is 2. The van der Waals surface area contributed by atoms with Crippen molar-refractivity contribution in [1.82, 2.24) is 9.55 Å². The van der Waals surface area contributed by atoms with Gasteiger partial charge in [0.05, 0.1) is 43.3 Å². The lowest BCUT2D eigenvalue weighted by molar-refractivity contribution is 0.0697. The highest BCUT2D eigenvalue weighted by Crippen LogP contribution is 2.34. The van der Waals surface area contributed by atoms with E-state index < -0.39 is 11.9 Å². The Morgan fingerprint density at radius 3 is 2.41 bits per heavy atom. The molecule has 8 nitrogen and oxygen atoms in total. The molecule has 0 aliphatic rings. The lowest BCUT2D eigenvalue weighted by Crippen LogP contribution is -2.15. The number of anilines is 1. The molecule has 0 spiro atoms. The van der Waals surface area contributed by atoms with Gasteiger partial charge in [-0.15, -0.1) is 0 Å². The van der Waals surface area contributed by atoms with Gasteiger partial charge in [0.2, 0.25) is 0 Å². The number of hydrogen-bond donors (Lipinski definition) is 2. The molecule has 4 aromatic rings. The van der Waals surface area contributed by atoms with Gasteiger partial charge in [0, 0.05) is 35.4 Å². The van der Waals surface area contributed by atoms with E-state index in [1.807, 2.05) is 47.0 Å². The quantitative estimate of drug-likeness (QED) is 0.458. The summed E-state index contributed by atoms with van der Waals surface area (Å²) >= 11 is 0. The van der Waals surface area contributed by atoms with E-state index in [1.54, 1.807) is 12.4 Å². The average Bonchev–Trinajstić information content (AvgIpc) is 3.17. The largest absolute Gasteiger partial charge is 0.493 e. The number of aromatic carboxylic acids is 1. The van der Waals surface area contributed by atoms with Gasteiger partial charge < -0.3 is 24.5 Å². The zero-order valence-corrected chi connectivity index (χ0v) is 17.5. The van der Waals surface area contributed by atoms with Crippen LogP contribution in [0.1, 0.15) is 26.4 Å². The number of benzene rings is 2. The first-order valence-electron chi connectivity index (χ1n) is 9.80. The number of carbonyl (C=O) groups excluding carboxylic acids is 1. The van der Waals surface area contributed by atoms with Crippen molar-refractivity contribution >= 4 is 28.5 Å². The van der Waals surface area contributed by atoms with Crippen LogP contribution in [0.2, 0.25) is 0 Å². The maximum absolute atomic E-state index is 13.2. The van der Waals surface area contributed by atoms with E-state index >= 15 is 0 Å². The van der Waals surface area contributed by atoms with E-state index in [2.05, 4.69) is 10.3 Å². The summed E-state index contributed by atoms with van der Waals surface area (Å²) in [6.07, 6.45) is 3.47. The van der Waals surface area contributed by atoms with Gasteiger partial charge in [-0.05, 0) is 18.2 Å². The Kier molecular flexibility index (Phi) is 5.76. The van der Waals surface area contributed by atoms with Gasteiger partial charge in [-0.3, -0.25) is 9.78 Å². The third-order valence-corrected chi connectivity index (χ3v) is 5.09. The Morgan fingerprint density at radius 1 is 1.00 bits per heavy atom. The zero-order valence-electron chi connectivity index (χ0n) is 17.5. The molecule has 4 rings (SSSR count). The molecule has 162 valence electrons. The molecule has 0 saturated heterocycles. The molecule has 8 heteroatoms. The van der Waals surface area contributed by atoms with E-state index in [-0.39, 0.29) is 17.0 Å². The van der Waals surface area contributed by atoms with Crippen molar-refractivity contribution < 1.29 is 24.2 Å². The predicted molar refractivity (Wildman–Crippen MR) is 120 cm³/mol. The highest BCUT2D eigenvalue weighted by atomic mass is 16.5. The van der Waals surface area contributed by atoms with Crippen LogP contribution in [0, 0.1) is 0 Å². The summed E-state index contributed by atoms with van der Waals surface area (Å²) in [5.41, 5.74) is 2.15. The van der Waals surface area contributed by atoms with Crippen LogP contribution in [-0.4, -0.2) is 40.8 Å². The fourth-order valence-electron chi connectivity index (χ4n) is 3.57. The number of nitrogens with zero attached hydrogens (tertiary/aromatic N) is 2. The minimum Gasteiger partial charge on any atom is -0.493 e. The molecular formula is C24H21N3O5. The van der Waals surface area contributed by atoms with Crippen LogP contribution >= 0.6 is 0 Å². The number of hydrogen-bond acceptors (Lipinski definition) is 5. The topological polar surface area (TPSA) is 103 Å². The third-order valence-electron chi connectivity index (χ3n) is 5.09. The summed E-state index contributed by atoms with van der Waals surface area (Å²) in [6.45, 7) is 0.491. The summed E-state index contributed by atoms with van der Waals surface area (Å²) in [5, 5.41) is 13.1. The zero-order chi connectivity index (χ0) is 22.7. The number of carboxylic acid groups (broad SMARTS) is 1. The number of fused-ring (bicyclic) bond motifs is 1. The molecule has 0 bridgehead atoms. The molecular weight excluding hydrogens is 410 g/mol. The minimum absolute atomic E-state index is 0.103. The second-order valence-electron chi connectivity index (χ2n) is 7.02. The van der Waals surface area contributed by atoms with Crippen molar-refractivity contribution in [2.75, 3.05) is 19.5 Å². The third kappa shape index (κ3) is 3.98. The summed E-state index contributed by atoms with van der Waals surface area (Å²) in [6, 6.07) is 16.0. The number of aromatic nitrogens is 2. The number of amides is 1. The average molecular weight is 431 g/mol. The molecule has 0 radical (unpaired) electrons. The first kappa shape index (κ1) is 20.9. The Balaban J connectivity index is 1.73. The van der Waals surface area contributed by atoms with Gasteiger partial charge in [-0.25, -0.2) is 4.79 Å². The maximum Gasteiger partial charge on any atom is 0.337 e. The maximum atomic E-state index is 13.2. The molecule has 2 N–H and O–H groups in total. The number of para-hydroxylation sites is 1. The number of ether oxygens (including phenoxy) is 2. The standard InChI is InChI=1S/C24H21N3O5/c1-31-21-11-17(24(29)30)19(12-22(21)32-2)26-23(28)18-14-27(13-15-7-5-6-10-25-15)20-9-4-3-8-16(18)20/h3-12,14H,13H2,1-2H3,(H,26,28)(H,29,30). The van der Waals surface area contributed by atoms with E-state index in [4.69, 9.17) is 9.47 Å². The van der Waals surface area contributed by atoms with Crippen molar-refractivity contribution in [2.24, 2.45) is 0 Å². The van der Waals surface area contributed by atoms with Crippen molar-refractivity contribution in [2.45, 2.75) is 6.54 Å². The van der Waals surface area contributed by atoms with Gasteiger partial charge in [0.15, 0.2) is 11.5 Å². The molecule has 2 aromatic heterocycles. The van der Waals surface area contributed by atoms with E-state index in [0.29, 0.717) is 17.9 Å². The molecule has 1 amide bonds. The monoisotopic (exact) mass is 431 g/mol. The number of pyridine rings is 1. The Hall–Kier alpha value is -4.33. The second-order valence-corrected chi connectivity index (χ2v) is 7.02. The number of carboxylic acids is 1. The Bertz CT molecular complexity index is 1300. The van der Waals surface area contributed by atoms with Gasteiger partial charge in [-0.1, -0.05) is 24.3 Å². The first-order valence-corrected chi connectivity index (χ1v) is 9.80. The lowest BCUT2D eigenvalue weighted by atomic mass is 10.1. The van der Waals surface area contributed by atoms with Gasteiger partial charge in [0.25, 0.3) is 5.91 Å². The fraction of sp³-hybridized carbons (Fsp3) is 0.125. The van der Waals surface area contributed by atoms with Crippen LogP contribution in [0.5, 0.6) is 11.5 Å². The van der Waals surface area contributed by atoms with Gasteiger partial charge in [0.1, 0.15) is 0 Å². The van der Waals surface area contributed by atoms with Crippen molar-refractivity contribution in [1.29, 1.82) is 0 Å². The van der Waals surface area contributed by atoms with Crippen LogP contribution < -0.4 is 14.8 Å². The molecule has 0 aliphatic heterocycles. The van der Waals surface area contributed by atoms with Crippen LogP contribution in [0.25, 0.3) is 10.9 Å². The van der Waals surface area contributed by atoms with Crippen molar-refractivity contribution in [3.8, 4) is 11.5 Å². The molecule has 32 heavy (non-hydrogen) atoms. The normalized spacial score (nSPS) is 10.7. The second kappa shape index (κ2) is 8.81.